The topological polar surface area (TPSA) is 60.7 Å². The third-order valence-corrected chi connectivity index (χ3v) is 5.09. The van der Waals surface area contributed by atoms with Gasteiger partial charge >= 0.3 is 5.69 Å². The summed E-state index contributed by atoms with van der Waals surface area (Å²) in [4.78, 5) is 17.0. The third kappa shape index (κ3) is 2.69. The first-order chi connectivity index (χ1) is 9.67. The molecule has 5 heteroatoms. The number of aromatic nitrogens is 2. The molecule has 1 unspecified atom stereocenters. The lowest BCUT2D eigenvalue weighted by Gasteiger charge is -2.21. The number of aromatic amines is 2. The first kappa shape index (κ1) is 13.9. The van der Waals surface area contributed by atoms with Gasteiger partial charge in [0.25, 0.3) is 0 Å². The largest absolute Gasteiger partial charge is 0.323 e. The Hall–Kier alpha value is -1.07. The Balaban J connectivity index is 1.92. The van der Waals surface area contributed by atoms with Gasteiger partial charge in [-0.3, -0.25) is 0 Å². The predicted molar refractivity (Wildman–Crippen MR) is 85.0 cm³/mol. The Bertz CT molecular complexity index is 655. The van der Waals surface area contributed by atoms with Crippen molar-refractivity contribution in [3.05, 3.63) is 32.7 Å². The summed E-state index contributed by atoms with van der Waals surface area (Å²) in [6.07, 6.45) is 6.59. The van der Waals surface area contributed by atoms with E-state index in [4.69, 9.17) is 0 Å². The summed E-state index contributed by atoms with van der Waals surface area (Å²) in [5, 5.41) is 3.43. The number of H-pyrrole nitrogens is 2. The van der Waals surface area contributed by atoms with E-state index in [-0.39, 0.29) is 5.69 Å². The average molecular weight is 338 g/mol. The Kier molecular flexibility index (Phi) is 3.98. The molecular formula is C15H20BrN3O. The first-order valence-electron chi connectivity index (χ1n) is 7.26. The molecule has 3 rings (SSSR count). The van der Waals surface area contributed by atoms with Crippen LogP contribution >= 0.6 is 15.9 Å². The highest BCUT2D eigenvalue weighted by molar-refractivity contribution is 9.10. The molecule has 1 fully saturated rings. The van der Waals surface area contributed by atoms with Crippen molar-refractivity contribution in [3.8, 4) is 0 Å². The van der Waals surface area contributed by atoms with Gasteiger partial charge in [0.2, 0.25) is 0 Å². The van der Waals surface area contributed by atoms with Crippen LogP contribution in [0.1, 0.15) is 43.7 Å². The van der Waals surface area contributed by atoms with E-state index in [0.29, 0.717) is 6.04 Å². The quantitative estimate of drug-likeness (QED) is 0.800. The Morgan fingerprint density at radius 1 is 1.30 bits per heavy atom. The lowest BCUT2D eigenvalue weighted by Crippen LogP contribution is -2.19. The third-order valence-electron chi connectivity index (χ3n) is 4.40. The van der Waals surface area contributed by atoms with Gasteiger partial charge in [0.1, 0.15) is 0 Å². The standard InChI is InChI=1S/C15H20BrN3O/c1-17-12(6-9-4-2-3-5-9)10-7-13-14(8-11(10)16)19-15(20)18-13/h7-9,12,17H,2-6H2,1H3,(H2,18,19,20). The van der Waals surface area contributed by atoms with Gasteiger partial charge in [-0.25, -0.2) is 4.79 Å². The summed E-state index contributed by atoms with van der Waals surface area (Å²) in [6, 6.07) is 4.39. The molecular weight excluding hydrogens is 318 g/mol. The van der Waals surface area contributed by atoms with Crippen LogP contribution in [0.5, 0.6) is 0 Å². The van der Waals surface area contributed by atoms with Crippen LogP contribution in [0.4, 0.5) is 0 Å². The molecule has 1 atom stereocenters. The van der Waals surface area contributed by atoms with Crippen LogP contribution in [0.25, 0.3) is 11.0 Å². The van der Waals surface area contributed by atoms with E-state index in [1.54, 1.807) is 0 Å². The van der Waals surface area contributed by atoms with Crippen molar-refractivity contribution in [2.75, 3.05) is 7.05 Å². The maximum atomic E-state index is 11.4. The van der Waals surface area contributed by atoms with Gasteiger partial charge in [0.15, 0.2) is 0 Å². The van der Waals surface area contributed by atoms with E-state index in [1.165, 1.54) is 31.2 Å². The molecule has 1 saturated carbocycles. The zero-order chi connectivity index (χ0) is 14.1. The van der Waals surface area contributed by atoms with Gasteiger partial charge < -0.3 is 15.3 Å². The fraction of sp³-hybridized carbons (Fsp3) is 0.533. The van der Waals surface area contributed by atoms with Gasteiger partial charge in [-0.15, -0.1) is 0 Å². The SMILES string of the molecule is CNC(CC1CCCC1)c1cc2[nH]c(=O)[nH]c2cc1Br. The maximum Gasteiger partial charge on any atom is 0.323 e. The van der Waals surface area contributed by atoms with Crippen LogP contribution in [0.15, 0.2) is 21.4 Å². The molecule has 2 aromatic rings. The number of fused-ring (bicyclic) bond motifs is 1. The second-order valence-corrected chi connectivity index (χ2v) is 6.58. The summed E-state index contributed by atoms with van der Waals surface area (Å²) < 4.78 is 1.05. The lowest BCUT2D eigenvalue weighted by atomic mass is 9.93. The van der Waals surface area contributed by atoms with Crippen molar-refractivity contribution < 1.29 is 0 Å². The normalized spacial score (nSPS) is 17.9. The van der Waals surface area contributed by atoms with Gasteiger partial charge in [0, 0.05) is 10.5 Å². The van der Waals surface area contributed by atoms with Gasteiger partial charge in [0.05, 0.1) is 11.0 Å². The van der Waals surface area contributed by atoms with Crippen molar-refractivity contribution in [2.24, 2.45) is 5.92 Å². The molecule has 0 radical (unpaired) electrons. The molecule has 1 aliphatic carbocycles. The zero-order valence-electron chi connectivity index (χ0n) is 11.6. The van der Waals surface area contributed by atoms with Crippen molar-refractivity contribution in [1.82, 2.24) is 15.3 Å². The van der Waals surface area contributed by atoms with E-state index in [9.17, 15) is 4.79 Å². The van der Waals surface area contributed by atoms with E-state index in [2.05, 4.69) is 37.3 Å². The molecule has 0 amide bonds. The second-order valence-electron chi connectivity index (χ2n) is 5.73. The number of imidazole rings is 1. The molecule has 1 heterocycles. The second kappa shape index (κ2) is 5.74. The number of nitrogens with one attached hydrogen (secondary N) is 3. The summed E-state index contributed by atoms with van der Waals surface area (Å²) >= 11 is 3.64. The summed E-state index contributed by atoms with van der Waals surface area (Å²) in [5.74, 6) is 0.820. The molecule has 1 aromatic carbocycles. The minimum atomic E-state index is -0.152. The Morgan fingerprint density at radius 3 is 2.60 bits per heavy atom. The summed E-state index contributed by atoms with van der Waals surface area (Å²) in [6.45, 7) is 0. The van der Waals surface area contributed by atoms with E-state index < -0.39 is 0 Å². The predicted octanol–water partition coefficient (Wildman–Crippen LogP) is 3.46. The Labute approximate surface area is 126 Å². The van der Waals surface area contributed by atoms with Crippen LogP contribution in [0.2, 0.25) is 0 Å². The van der Waals surface area contributed by atoms with Gasteiger partial charge in [-0.1, -0.05) is 41.6 Å². The van der Waals surface area contributed by atoms with Gasteiger partial charge in [-0.2, -0.15) is 0 Å². The number of benzene rings is 1. The fourth-order valence-electron chi connectivity index (χ4n) is 3.32. The van der Waals surface area contributed by atoms with Crippen LogP contribution in [-0.2, 0) is 0 Å². The zero-order valence-corrected chi connectivity index (χ0v) is 13.2. The monoisotopic (exact) mass is 337 g/mol. The molecule has 108 valence electrons. The molecule has 3 N–H and O–H groups in total. The average Bonchev–Trinajstić information content (AvgIpc) is 3.03. The highest BCUT2D eigenvalue weighted by Crippen LogP contribution is 2.35. The highest BCUT2D eigenvalue weighted by Gasteiger charge is 2.22. The smallest absolute Gasteiger partial charge is 0.313 e. The molecule has 1 aliphatic rings. The first-order valence-corrected chi connectivity index (χ1v) is 8.05. The molecule has 0 saturated heterocycles. The van der Waals surface area contributed by atoms with Crippen molar-refractivity contribution >= 4 is 27.0 Å². The number of halogens is 1. The van der Waals surface area contributed by atoms with E-state index in [1.807, 2.05) is 13.1 Å². The van der Waals surface area contributed by atoms with Crippen molar-refractivity contribution in [2.45, 2.75) is 38.1 Å². The highest BCUT2D eigenvalue weighted by atomic mass is 79.9. The van der Waals surface area contributed by atoms with Crippen LogP contribution in [0.3, 0.4) is 0 Å². The molecule has 4 nitrogen and oxygen atoms in total. The van der Waals surface area contributed by atoms with Crippen LogP contribution in [-0.4, -0.2) is 17.0 Å². The van der Waals surface area contributed by atoms with Crippen LogP contribution < -0.4 is 11.0 Å². The maximum absolute atomic E-state index is 11.4. The minimum Gasteiger partial charge on any atom is -0.313 e. The van der Waals surface area contributed by atoms with Crippen molar-refractivity contribution in [1.29, 1.82) is 0 Å². The molecule has 0 bridgehead atoms. The van der Waals surface area contributed by atoms with E-state index >= 15 is 0 Å². The van der Waals surface area contributed by atoms with Crippen LogP contribution in [0, 0.1) is 5.92 Å². The minimum absolute atomic E-state index is 0.152. The summed E-state index contributed by atoms with van der Waals surface area (Å²) in [7, 11) is 2.01. The number of hydrogen-bond acceptors (Lipinski definition) is 2. The molecule has 0 spiro atoms. The summed E-state index contributed by atoms with van der Waals surface area (Å²) in [5.41, 5.74) is 2.80. The fourth-order valence-corrected chi connectivity index (χ4v) is 3.94. The molecule has 20 heavy (non-hydrogen) atoms. The molecule has 0 aliphatic heterocycles. The molecule has 1 aromatic heterocycles. The Morgan fingerprint density at radius 2 is 1.95 bits per heavy atom. The number of rotatable bonds is 4. The van der Waals surface area contributed by atoms with Gasteiger partial charge in [-0.05, 0) is 37.1 Å². The van der Waals surface area contributed by atoms with E-state index in [0.717, 1.165) is 27.8 Å². The number of hydrogen-bond donors (Lipinski definition) is 3. The van der Waals surface area contributed by atoms with Crippen molar-refractivity contribution in [3.63, 3.8) is 0 Å². The lowest BCUT2D eigenvalue weighted by molar-refractivity contribution is 0.413.